The highest BCUT2D eigenvalue weighted by molar-refractivity contribution is 5.09. The smallest absolute Gasteiger partial charge is 0.232 e. The number of nitrogens with zero attached hydrogens (tertiary/aromatic N) is 2. The van der Waals surface area contributed by atoms with Crippen LogP contribution >= 0.6 is 0 Å². The zero-order valence-corrected chi connectivity index (χ0v) is 11.2. The van der Waals surface area contributed by atoms with E-state index in [-0.39, 0.29) is 5.41 Å². The van der Waals surface area contributed by atoms with Crippen LogP contribution in [0.25, 0.3) is 0 Å². The summed E-state index contributed by atoms with van der Waals surface area (Å²) in [5.74, 6) is 1.77. The Morgan fingerprint density at radius 1 is 1.28 bits per heavy atom. The van der Waals surface area contributed by atoms with Crippen molar-refractivity contribution in [2.45, 2.75) is 69.7 Å². The first-order chi connectivity index (χ1) is 8.84. The molecule has 1 aliphatic carbocycles. The molecule has 0 amide bonds. The predicted octanol–water partition coefficient (Wildman–Crippen LogP) is 3.11. The minimum Gasteiger partial charge on any atom is -0.339 e. The van der Waals surface area contributed by atoms with E-state index >= 15 is 0 Å². The van der Waals surface area contributed by atoms with E-state index in [4.69, 9.17) is 9.51 Å². The average Bonchev–Trinajstić information content (AvgIpc) is 3.09. The van der Waals surface area contributed by atoms with Gasteiger partial charge in [0.05, 0.1) is 6.04 Å². The van der Waals surface area contributed by atoms with Crippen LogP contribution in [-0.2, 0) is 5.41 Å². The highest BCUT2D eigenvalue weighted by Crippen LogP contribution is 2.43. The Labute approximate surface area is 109 Å². The summed E-state index contributed by atoms with van der Waals surface area (Å²) in [6, 6.07) is 0.312. The molecule has 0 bridgehead atoms. The van der Waals surface area contributed by atoms with Gasteiger partial charge in [0, 0.05) is 5.41 Å². The van der Waals surface area contributed by atoms with Gasteiger partial charge in [-0.25, -0.2) is 0 Å². The lowest BCUT2D eigenvalue weighted by atomic mass is 9.83. The minimum absolute atomic E-state index is 0.180. The van der Waals surface area contributed by atoms with Crippen LogP contribution in [0.4, 0.5) is 0 Å². The molecule has 2 heterocycles. The molecule has 4 heteroatoms. The van der Waals surface area contributed by atoms with Crippen LogP contribution in [0, 0.1) is 0 Å². The molecule has 4 nitrogen and oxygen atoms in total. The molecular weight excluding hydrogens is 226 g/mol. The van der Waals surface area contributed by atoms with Gasteiger partial charge < -0.3 is 9.84 Å². The van der Waals surface area contributed by atoms with E-state index in [0.29, 0.717) is 6.04 Å². The van der Waals surface area contributed by atoms with Crippen molar-refractivity contribution in [2.24, 2.45) is 0 Å². The lowest BCUT2D eigenvalue weighted by Crippen LogP contribution is -2.28. The molecule has 1 N–H and O–H groups in total. The van der Waals surface area contributed by atoms with Crippen LogP contribution in [0.1, 0.15) is 76.0 Å². The summed E-state index contributed by atoms with van der Waals surface area (Å²) >= 11 is 0. The van der Waals surface area contributed by atoms with Crippen molar-refractivity contribution in [3.05, 3.63) is 11.7 Å². The Morgan fingerprint density at radius 2 is 2.11 bits per heavy atom. The van der Waals surface area contributed by atoms with Crippen molar-refractivity contribution in [3.63, 3.8) is 0 Å². The average molecular weight is 249 g/mol. The lowest BCUT2D eigenvalue weighted by Gasteiger charge is -2.22. The summed E-state index contributed by atoms with van der Waals surface area (Å²) in [4.78, 5) is 4.72. The van der Waals surface area contributed by atoms with E-state index in [1.54, 1.807) is 0 Å². The molecular formula is C14H23N3O. The first-order valence-corrected chi connectivity index (χ1v) is 7.41. The number of hydrogen-bond acceptors (Lipinski definition) is 4. The fraction of sp³-hybridized carbons (Fsp3) is 0.857. The molecule has 0 aromatic carbocycles. The molecule has 1 unspecified atom stereocenters. The molecule has 2 aliphatic rings. The third-order valence-electron chi connectivity index (χ3n) is 4.75. The molecule has 100 valence electrons. The fourth-order valence-electron chi connectivity index (χ4n) is 3.43. The zero-order chi connectivity index (χ0) is 12.4. The van der Waals surface area contributed by atoms with Crippen molar-refractivity contribution in [1.29, 1.82) is 0 Å². The monoisotopic (exact) mass is 249 g/mol. The topological polar surface area (TPSA) is 51.0 Å². The van der Waals surface area contributed by atoms with Crippen LogP contribution in [0.2, 0.25) is 0 Å². The minimum atomic E-state index is 0.180. The van der Waals surface area contributed by atoms with E-state index in [1.807, 2.05) is 0 Å². The second-order valence-electron chi connectivity index (χ2n) is 5.80. The summed E-state index contributed by atoms with van der Waals surface area (Å²) in [5.41, 5.74) is 0.180. The maximum absolute atomic E-state index is 5.59. The Hall–Kier alpha value is -0.900. The van der Waals surface area contributed by atoms with Gasteiger partial charge in [0.2, 0.25) is 5.89 Å². The van der Waals surface area contributed by atoms with Gasteiger partial charge in [-0.05, 0) is 38.6 Å². The summed E-state index contributed by atoms with van der Waals surface area (Å²) in [6.07, 6.45) is 9.80. The second-order valence-corrected chi connectivity index (χ2v) is 5.80. The van der Waals surface area contributed by atoms with Crippen LogP contribution in [0.15, 0.2) is 4.52 Å². The molecule has 0 radical (unpaired) electrons. The number of aromatic nitrogens is 2. The molecule has 2 fully saturated rings. The molecule has 1 aromatic heterocycles. The Morgan fingerprint density at radius 3 is 2.78 bits per heavy atom. The van der Waals surface area contributed by atoms with Crippen LogP contribution in [-0.4, -0.2) is 16.7 Å². The van der Waals surface area contributed by atoms with Crippen molar-refractivity contribution in [2.75, 3.05) is 6.54 Å². The van der Waals surface area contributed by atoms with Gasteiger partial charge in [0.1, 0.15) is 0 Å². The van der Waals surface area contributed by atoms with Crippen LogP contribution in [0.3, 0.4) is 0 Å². The van der Waals surface area contributed by atoms with E-state index in [0.717, 1.165) is 31.1 Å². The summed E-state index contributed by atoms with van der Waals surface area (Å²) in [7, 11) is 0. The van der Waals surface area contributed by atoms with Crippen molar-refractivity contribution >= 4 is 0 Å². The quantitative estimate of drug-likeness (QED) is 0.894. The first kappa shape index (κ1) is 12.2. The maximum atomic E-state index is 5.59. The van der Waals surface area contributed by atoms with Gasteiger partial charge in [0.25, 0.3) is 0 Å². The third kappa shape index (κ3) is 2.07. The highest BCUT2D eigenvalue weighted by Gasteiger charge is 2.39. The summed E-state index contributed by atoms with van der Waals surface area (Å²) in [6.45, 7) is 3.32. The molecule has 18 heavy (non-hydrogen) atoms. The molecule has 1 saturated carbocycles. The van der Waals surface area contributed by atoms with Gasteiger partial charge >= 0.3 is 0 Å². The highest BCUT2D eigenvalue weighted by atomic mass is 16.5. The summed E-state index contributed by atoms with van der Waals surface area (Å²) < 4.78 is 5.59. The predicted molar refractivity (Wildman–Crippen MR) is 69.3 cm³/mol. The van der Waals surface area contributed by atoms with E-state index in [9.17, 15) is 0 Å². The van der Waals surface area contributed by atoms with Gasteiger partial charge in [-0.15, -0.1) is 0 Å². The zero-order valence-electron chi connectivity index (χ0n) is 11.2. The van der Waals surface area contributed by atoms with Crippen molar-refractivity contribution in [3.8, 4) is 0 Å². The van der Waals surface area contributed by atoms with Crippen molar-refractivity contribution < 1.29 is 4.52 Å². The Balaban J connectivity index is 1.79. The number of piperidine rings is 1. The van der Waals surface area contributed by atoms with Crippen molar-refractivity contribution in [1.82, 2.24) is 15.5 Å². The maximum Gasteiger partial charge on any atom is 0.232 e. The second kappa shape index (κ2) is 5.00. The van der Waals surface area contributed by atoms with Crippen LogP contribution < -0.4 is 5.32 Å². The number of rotatable bonds is 3. The van der Waals surface area contributed by atoms with Crippen LogP contribution in [0.5, 0.6) is 0 Å². The number of hydrogen-bond donors (Lipinski definition) is 1. The molecule has 1 aliphatic heterocycles. The first-order valence-electron chi connectivity index (χ1n) is 7.41. The Kier molecular flexibility index (Phi) is 3.37. The van der Waals surface area contributed by atoms with E-state index < -0.39 is 0 Å². The molecule has 1 aromatic rings. The van der Waals surface area contributed by atoms with E-state index in [1.165, 1.54) is 38.5 Å². The lowest BCUT2D eigenvalue weighted by molar-refractivity contribution is 0.269. The molecule has 3 rings (SSSR count). The third-order valence-corrected chi connectivity index (χ3v) is 4.75. The molecule has 1 atom stereocenters. The molecule has 1 saturated heterocycles. The largest absolute Gasteiger partial charge is 0.339 e. The van der Waals surface area contributed by atoms with Gasteiger partial charge in [0.15, 0.2) is 5.82 Å². The normalized spacial score (nSPS) is 27.5. The number of nitrogens with one attached hydrogen (secondary N) is 1. The van der Waals surface area contributed by atoms with E-state index in [2.05, 4.69) is 17.4 Å². The van der Waals surface area contributed by atoms with Gasteiger partial charge in [-0.1, -0.05) is 31.3 Å². The fourth-order valence-corrected chi connectivity index (χ4v) is 3.43. The molecule has 0 spiro atoms. The van der Waals surface area contributed by atoms with Gasteiger partial charge in [-0.3, -0.25) is 0 Å². The van der Waals surface area contributed by atoms with Gasteiger partial charge in [-0.2, -0.15) is 4.98 Å². The Bertz CT molecular complexity index is 389. The standard InChI is InChI=1S/C14H23N3O/c1-2-14(8-4-5-9-14)13-16-12(17-18-13)11-7-3-6-10-15-11/h11,15H,2-10H2,1H3. The SMILES string of the molecule is CCC1(c2nc(C3CCCCN3)no2)CCCC1. The summed E-state index contributed by atoms with van der Waals surface area (Å²) in [5, 5.41) is 7.71.